The minimum atomic E-state index is -0.371. The largest absolute Gasteiger partial charge is 0.361 e. The van der Waals surface area contributed by atoms with Crippen molar-refractivity contribution < 1.29 is 9.59 Å². The molecule has 140 valence electrons. The molecular weight excluding hydrogens is 328 g/mol. The fourth-order valence-corrected chi connectivity index (χ4v) is 3.64. The van der Waals surface area contributed by atoms with Crippen LogP contribution in [0.3, 0.4) is 0 Å². The molecule has 1 aliphatic heterocycles. The molecule has 0 radical (unpaired) electrons. The lowest BCUT2D eigenvalue weighted by molar-refractivity contribution is -0.147. The van der Waals surface area contributed by atoms with Gasteiger partial charge in [-0.1, -0.05) is 18.2 Å². The molecule has 0 aliphatic carbocycles. The normalized spacial score (nSPS) is 18.3. The molecule has 1 atom stereocenters. The van der Waals surface area contributed by atoms with Crippen molar-refractivity contribution in [2.75, 3.05) is 40.8 Å². The predicted molar refractivity (Wildman–Crippen MR) is 103 cm³/mol. The number of amides is 2. The van der Waals surface area contributed by atoms with Gasteiger partial charge in [0.15, 0.2) is 0 Å². The quantitative estimate of drug-likeness (QED) is 0.887. The van der Waals surface area contributed by atoms with Crippen LogP contribution in [0.25, 0.3) is 10.9 Å². The first-order chi connectivity index (χ1) is 12.5. The fraction of sp³-hybridized carbons (Fsp3) is 0.500. The van der Waals surface area contributed by atoms with Crippen molar-refractivity contribution in [2.24, 2.45) is 0 Å². The van der Waals surface area contributed by atoms with Crippen molar-refractivity contribution in [3.63, 3.8) is 0 Å². The summed E-state index contributed by atoms with van der Waals surface area (Å²) >= 11 is 0. The average molecular weight is 356 g/mol. The van der Waals surface area contributed by atoms with Gasteiger partial charge in [-0.3, -0.25) is 9.59 Å². The van der Waals surface area contributed by atoms with Crippen LogP contribution >= 0.6 is 0 Å². The summed E-state index contributed by atoms with van der Waals surface area (Å²) in [6.45, 7) is 2.03. The number of rotatable bonds is 5. The van der Waals surface area contributed by atoms with Gasteiger partial charge in [0.25, 0.3) is 0 Å². The monoisotopic (exact) mass is 356 g/mol. The fourth-order valence-electron chi connectivity index (χ4n) is 3.64. The highest BCUT2D eigenvalue weighted by atomic mass is 16.2. The summed E-state index contributed by atoms with van der Waals surface area (Å²) in [5.74, 6) is 0.0830. The number of hydrogen-bond donors (Lipinski definition) is 1. The highest BCUT2D eigenvalue weighted by Gasteiger charge is 2.34. The van der Waals surface area contributed by atoms with Crippen molar-refractivity contribution >= 4 is 22.7 Å². The molecule has 6 heteroatoms. The number of aromatic amines is 1. The van der Waals surface area contributed by atoms with Gasteiger partial charge in [-0.25, -0.2) is 0 Å². The maximum atomic E-state index is 12.8. The van der Waals surface area contributed by atoms with Gasteiger partial charge in [-0.2, -0.15) is 0 Å². The summed E-state index contributed by atoms with van der Waals surface area (Å²) in [7, 11) is 5.49. The van der Waals surface area contributed by atoms with Crippen molar-refractivity contribution in [3.05, 3.63) is 36.0 Å². The minimum absolute atomic E-state index is 0.00142. The lowest BCUT2D eigenvalue weighted by Crippen LogP contribution is -2.59. The Morgan fingerprint density at radius 1 is 1.23 bits per heavy atom. The van der Waals surface area contributed by atoms with E-state index in [-0.39, 0.29) is 17.9 Å². The number of aromatic nitrogens is 1. The summed E-state index contributed by atoms with van der Waals surface area (Å²) < 4.78 is 0. The zero-order valence-electron chi connectivity index (χ0n) is 15.9. The average Bonchev–Trinajstić information content (AvgIpc) is 3.04. The molecule has 6 nitrogen and oxygen atoms in total. The smallest absolute Gasteiger partial charge is 0.246 e. The lowest BCUT2D eigenvalue weighted by Gasteiger charge is -2.40. The van der Waals surface area contributed by atoms with Gasteiger partial charge in [0.1, 0.15) is 6.04 Å². The topological polar surface area (TPSA) is 59.7 Å². The Labute approximate surface area is 154 Å². The van der Waals surface area contributed by atoms with E-state index < -0.39 is 0 Å². The molecule has 1 saturated heterocycles. The van der Waals surface area contributed by atoms with Crippen LogP contribution in [0.4, 0.5) is 0 Å². The number of nitrogens with zero attached hydrogens (tertiary/aromatic N) is 3. The van der Waals surface area contributed by atoms with Crippen LogP contribution < -0.4 is 0 Å². The SMILES string of the molecule is CN1CCN(C(=O)CCCc2c[nH]c3ccccc23)C(C(=O)N(C)C)C1. The number of carbonyl (C=O) groups excluding carboxylic acids is 2. The number of aryl methyl sites for hydroxylation is 1. The van der Waals surface area contributed by atoms with Crippen LogP contribution in [-0.4, -0.2) is 78.3 Å². The second-order valence-corrected chi connectivity index (χ2v) is 7.31. The van der Waals surface area contributed by atoms with E-state index in [0.717, 1.165) is 24.9 Å². The molecule has 1 N–H and O–H groups in total. The molecule has 1 aromatic heterocycles. The maximum Gasteiger partial charge on any atom is 0.246 e. The van der Waals surface area contributed by atoms with Crippen LogP contribution in [0.5, 0.6) is 0 Å². The molecular formula is C20H28N4O2. The Morgan fingerprint density at radius 3 is 2.77 bits per heavy atom. The van der Waals surface area contributed by atoms with Gasteiger partial charge in [-0.15, -0.1) is 0 Å². The van der Waals surface area contributed by atoms with E-state index in [2.05, 4.69) is 22.0 Å². The van der Waals surface area contributed by atoms with Crippen molar-refractivity contribution in [2.45, 2.75) is 25.3 Å². The molecule has 1 aromatic carbocycles. The van der Waals surface area contributed by atoms with Crippen molar-refractivity contribution in [3.8, 4) is 0 Å². The number of fused-ring (bicyclic) bond motifs is 1. The Kier molecular flexibility index (Phi) is 5.61. The maximum absolute atomic E-state index is 12.8. The third kappa shape index (κ3) is 3.90. The van der Waals surface area contributed by atoms with E-state index in [0.29, 0.717) is 19.5 Å². The number of H-pyrrole nitrogens is 1. The number of piperazine rings is 1. The van der Waals surface area contributed by atoms with Gasteiger partial charge in [-0.05, 0) is 31.5 Å². The van der Waals surface area contributed by atoms with E-state index >= 15 is 0 Å². The Bertz CT molecular complexity index is 783. The predicted octanol–water partition coefficient (Wildman–Crippen LogP) is 1.72. The molecule has 1 aliphatic rings. The van der Waals surface area contributed by atoms with Crippen LogP contribution in [-0.2, 0) is 16.0 Å². The summed E-state index contributed by atoms with van der Waals surface area (Å²) in [6, 6.07) is 7.85. The van der Waals surface area contributed by atoms with Crippen LogP contribution in [0.1, 0.15) is 18.4 Å². The number of nitrogens with one attached hydrogen (secondary N) is 1. The zero-order chi connectivity index (χ0) is 18.7. The van der Waals surface area contributed by atoms with E-state index in [4.69, 9.17) is 0 Å². The van der Waals surface area contributed by atoms with Crippen LogP contribution in [0.2, 0.25) is 0 Å². The molecule has 0 spiro atoms. The summed E-state index contributed by atoms with van der Waals surface area (Å²) in [5, 5.41) is 1.22. The number of benzene rings is 1. The number of likely N-dealkylation sites (N-methyl/N-ethyl adjacent to an activating group) is 2. The van der Waals surface area contributed by atoms with E-state index in [1.807, 2.05) is 25.4 Å². The van der Waals surface area contributed by atoms with Crippen molar-refractivity contribution in [1.82, 2.24) is 19.7 Å². The van der Waals surface area contributed by atoms with E-state index in [1.165, 1.54) is 10.9 Å². The lowest BCUT2D eigenvalue weighted by atomic mass is 10.1. The number of carbonyl (C=O) groups is 2. The highest BCUT2D eigenvalue weighted by Crippen LogP contribution is 2.20. The van der Waals surface area contributed by atoms with E-state index in [1.54, 1.807) is 23.9 Å². The van der Waals surface area contributed by atoms with Gasteiger partial charge in [0, 0.05) is 57.3 Å². The van der Waals surface area contributed by atoms with Gasteiger partial charge in [0.2, 0.25) is 11.8 Å². The second-order valence-electron chi connectivity index (χ2n) is 7.31. The molecule has 2 amide bonds. The third-order valence-corrected chi connectivity index (χ3v) is 5.14. The Hall–Kier alpha value is -2.34. The molecule has 1 fully saturated rings. The Morgan fingerprint density at radius 2 is 2.00 bits per heavy atom. The van der Waals surface area contributed by atoms with E-state index in [9.17, 15) is 9.59 Å². The number of para-hydroxylation sites is 1. The first-order valence-corrected chi connectivity index (χ1v) is 9.21. The Balaban J connectivity index is 1.60. The standard InChI is InChI=1S/C20H28N4O2/c1-22(2)20(26)18-14-23(3)11-12-24(18)19(25)10-6-7-15-13-21-17-9-5-4-8-16(15)17/h4-5,8-9,13,18,21H,6-7,10-12,14H2,1-3H3. The summed E-state index contributed by atoms with van der Waals surface area (Å²) in [4.78, 5) is 34.0. The number of hydrogen-bond acceptors (Lipinski definition) is 3. The van der Waals surface area contributed by atoms with Crippen molar-refractivity contribution in [1.29, 1.82) is 0 Å². The zero-order valence-corrected chi connectivity index (χ0v) is 15.9. The minimum Gasteiger partial charge on any atom is -0.361 e. The first kappa shape index (κ1) is 18.5. The second kappa shape index (κ2) is 7.91. The van der Waals surface area contributed by atoms with Gasteiger partial charge >= 0.3 is 0 Å². The molecule has 0 bridgehead atoms. The molecule has 26 heavy (non-hydrogen) atoms. The molecule has 0 saturated carbocycles. The molecule has 3 rings (SSSR count). The third-order valence-electron chi connectivity index (χ3n) is 5.14. The van der Waals surface area contributed by atoms with Crippen LogP contribution in [0.15, 0.2) is 30.5 Å². The summed E-state index contributed by atoms with van der Waals surface area (Å²) in [5.41, 5.74) is 2.37. The molecule has 2 heterocycles. The first-order valence-electron chi connectivity index (χ1n) is 9.21. The summed E-state index contributed by atoms with van der Waals surface area (Å²) in [6.07, 6.45) is 4.15. The highest BCUT2D eigenvalue weighted by molar-refractivity contribution is 5.88. The van der Waals surface area contributed by atoms with Crippen LogP contribution in [0, 0.1) is 0 Å². The van der Waals surface area contributed by atoms with Gasteiger partial charge in [0.05, 0.1) is 0 Å². The molecule has 1 unspecified atom stereocenters. The molecule has 2 aromatic rings. The van der Waals surface area contributed by atoms with Gasteiger partial charge < -0.3 is 19.7 Å².